The van der Waals surface area contributed by atoms with Gasteiger partial charge in [-0.15, -0.1) is 0 Å². The van der Waals surface area contributed by atoms with Gasteiger partial charge in [0.05, 0.1) is 13.7 Å². The Bertz CT molecular complexity index is 699. The molecule has 1 heterocycles. The van der Waals surface area contributed by atoms with Gasteiger partial charge in [-0.05, 0) is 10.8 Å². The van der Waals surface area contributed by atoms with E-state index in [0.29, 0.717) is 10.9 Å². The third-order valence-corrected chi connectivity index (χ3v) is 4.32. The van der Waals surface area contributed by atoms with Crippen LogP contribution < -0.4 is 0 Å². The number of benzene rings is 2. The highest BCUT2D eigenvalue weighted by Crippen LogP contribution is 2.40. The summed E-state index contributed by atoms with van der Waals surface area (Å²) < 4.78 is 5.56. The molecule has 2 aromatic carbocycles. The molecule has 1 saturated heterocycles. The van der Waals surface area contributed by atoms with E-state index in [4.69, 9.17) is 9.62 Å². The SMILES string of the molecule is COO[C@@H]1[C@H](O)[C@@H](O)[C@@](O)(c2cccc3ccccc23)O[C@@H]1CO. The maximum absolute atomic E-state index is 11.0. The van der Waals surface area contributed by atoms with Crippen molar-refractivity contribution in [1.29, 1.82) is 0 Å². The second-order valence-electron chi connectivity index (χ2n) is 5.72. The molecule has 24 heavy (non-hydrogen) atoms. The largest absolute Gasteiger partial charge is 0.394 e. The zero-order valence-corrected chi connectivity index (χ0v) is 13.1. The van der Waals surface area contributed by atoms with Crippen molar-refractivity contribution in [2.45, 2.75) is 30.2 Å². The lowest BCUT2D eigenvalue weighted by Gasteiger charge is -2.46. The monoisotopic (exact) mass is 336 g/mol. The molecule has 7 heteroatoms. The van der Waals surface area contributed by atoms with Crippen molar-refractivity contribution in [3.05, 3.63) is 48.0 Å². The number of hydrogen-bond donors (Lipinski definition) is 4. The van der Waals surface area contributed by atoms with Crippen molar-refractivity contribution in [3.63, 3.8) is 0 Å². The molecule has 7 nitrogen and oxygen atoms in total. The van der Waals surface area contributed by atoms with Crippen LogP contribution in [0.4, 0.5) is 0 Å². The average molecular weight is 336 g/mol. The first-order valence-corrected chi connectivity index (χ1v) is 7.57. The lowest BCUT2D eigenvalue weighted by Crippen LogP contribution is -2.64. The Labute approximate surface area is 138 Å². The third-order valence-electron chi connectivity index (χ3n) is 4.32. The molecule has 3 rings (SSSR count). The highest BCUT2D eigenvalue weighted by atomic mass is 17.2. The van der Waals surface area contributed by atoms with Crippen LogP contribution in [0.2, 0.25) is 0 Å². The van der Waals surface area contributed by atoms with Crippen molar-refractivity contribution in [3.8, 4) is 0 Å². The van der Waals surface area contributed by atoms with Crippen molar-refractivity contribution in [2.24, 2.45) is 0 Å². The molecule has 0 radical (unpaired) electrons. The number of aliphatic hydroxyl groups excluding tert-OH is 3. The summed E-state index contributed by atoms with van der Waals surface area (Å²) in [6.45, 7) is -0.537. The summed E-state index contributed by atoms with van der Waals surface area (Å²) in [5, 5.41) is 42.9. The molecule has 1 aliphatic rings. The van der Waals surface area contributed by atoms with E-state index in [-0.39, 0.29) is 0 Å². The average Bonchev–Trinajstić information content (AvgIpc) is 2.61. The van der Waals surface area contributed by atoms with Crippen LogP contribution in [0.5, 0.6) is 0 Å². The van der Waals surface area contributed by atoms with Crippen molar-refractivity contribution in [1.82, 2.24) is 0 Å². The Kier molecular flexibility index (Phi) is 4.84. The Morgan fingerprint density at radius 1 is 1.12 bits per heavy atom. The summed E-state index contributed by atoms with van der Waals surface area (Å²) in [5.41, 5.74) is 0.293. The quantitative estimate of drug-likeness (QED) is 0.461. The molecule has 1 aliphatic heterocycles. The van der Waals surface area contributed by atoms with Gasteiger partial charge >= 0.3 is 0 Å². The molecule has 0 aliphatic carbocycles. The summed E-state index contributed by atoms with van der Waals surface area (Å²) in [4.78, 5) is 9.41. The molecule has 0 saturated carbocycles. The number of rotatable bonds is 4. The third kappa shape index (κ3) is 2.70. The van der Waals surface area contributed by atoms with Crippen LogP contribution in [0.15, 0.2) is 42.5 Å². The molecule has 2 aromatic rings. The number of hydrogen-bond acceptors (Lipinski definition) is 7. The Balaban J connectivity index is 2.08. The Morgan fingerprint density at radius 3 is 2.54 bits per heavy atom. The topological polar surface area (TPSA) is 109 Å². The van der Waals surface area contributed by atoms with Gasteiger partial charge in [-0.1, -0.05) is 42.5 Å². The molecular weight excluding hydrogens is 316 g/mol. The first kappa shape index (κ1) is 17.2. The van der Waals surface area contributed by atoms with E-state index < -0.39 is 36.8 Å². The highest BCUT2D eigenvalue weighted by molar-refractivity contribution is 5.86. The van der Waals surface area contributed by atoms with Crippen molar-refractivity contribution in [2.75, 3.05) is 13.7 Å². The van der Waals surface area contributed by atoms with Gasteiger partial charge in [0.25, 0.3) is 0 Å². The smallest absolute Gasteiger partial charge is 0.223 e. The Hall–Kier alpha value is -1.58. The van der Waals surface area contributed by atoms with Gasteiger partial charge in [0.1, 0.15) is 24.4 Å². The van der Waals surface area contributed by atoms with Crippen LogP contribution >= 0.6 is 0 Å². The van der Waals surface area contributed by atoms with E-state index in [1.807, 2.05) is 18.2 Å². The van der Waals surface area contributed by atoms with Gasteiger partial charge in [0.15, 0.2) is 0 Å². The van der Waals surface area contributed by atoms with Crippen molar-refractivity contribution < 1.29 is 34.9 Å². The van der Waals surface area contributed by atoms with Crippen LogP contribution in [-0.2, 0) is 20.3 Å². The lowest BCUT2D eigenvalue weighted by atomic mass is 9.86. The minimum atomic E-state index is -2.21. The molecule has 5 atom stereocenters. The summed E-state index contributed by atoms with van der Waals surface area (Å²) in [7, 11) is 1.24. The summed E-state index contributed by atoms with van der Waals surface area (Å²) in [6.07, 6.45) is -5.47. The van der Waals surface area contributed by atoms with Gasteiger partial charge in [0.2, 0.25) is 5.79 Å². The lowest BCUT2D eigenvalue weighted by molar-refractivity contribution is -0.413. The molecule has 1 fully saturated rings. The molecule has 4 N–H and O–H groups in total. The Morgan fingerprint density at radius 2 is 1.83 bits per heavy atom. The van der Waals surface area contributed by atoms with E-state index >= 15 is 0 Å². The molecule has 0 unspecified atom stereocenters. The van der Waals surface area contributed by atoms with Crippen LogP contribution in [-0.4, -0.2) is 58.6 Å². The molecular formula is C17H20O7. The van der Waals surface area contributed by atoms with Crippen LogP contribution in [0, 0.1) is 0 Å². The second-order valence-corrected chi connectivity index (χ2v) is 5.72. The van der Waals surface area contributed by atoms with Gasteiger partial charge < -0.3 is 25.2 Å². The fourth-order valence-electron chi connectivity index (χ4n) is 3.13. The van der Waals surface area contributed by atoms with Crippen LogP contribution in [0.1, 0.15) is 5.56 Å². The number of ether oxygens (including phenoxy) is 1. The zero-order chi connectivity index (χ0) is 17.3. The fourth-order valence-corrected chi connectivity index (χ4v) is 3.13. The van der Waals surface area contributed by atoms with E-state index in [2.05, 4.69) is 4.89 Å². The first-order valence-electron chi connectivity index (χ1n) is 7.57. The predicted molar refractivity (Wildman–Crippen MR) is 83.7 cm³/mol. The minimum Gasteiger partial charge on any atom is -0.394 e. The maximum Gasteiger partial charge on any atom is 0.223 e. The van der Waals surface area contributed by atoms with E-state index in [0.717, 1.165) is 5.39 Å². The minimum absolute atomic E-state index is 0.293. The molecule has 0 spiro atoms. The predicted octanol–water partition coefficient (Wildman–Crippen LogP) is 0.0444. The van der Waals surface area contributed by atoms with E-state index in [1.165, 1.54) is 7.11 Å². The van der Waals surface area contributed by atoms with Gasteiger partial charge in [-0.25, -0.2) is 9.78 Å². The van der Waals surface area contributed by atoms with E-state index in [9.17, 15) is 20.4 Å². The summed E-state index contributed by atoms with van der Waals surface area (Å²) in [5.74, 6) is -2.21. The second kappa shape index (κ2) is 6.73. The summed E-state index contributed by atoms with van der Waals surface area (Å²) in [6, 6.07) is 12.4. The van der Waals surface area contributed by atoms with Crippen LogP contribution in [0.3, 0.4) is 0 Å². The maximum atomic E-state index is 11.0. The van der Waals surface area contributed by atoms with Crippen LogP contribution in [0.25, 0.3) is 10.8 Å². The summed E-state index contributed by atoms with van der Waals surface area (Å²) >= 11 is 0. The van der Waals surface area contributed by atoms with Gasteiger partial charge in [-0.2, -0.15) is 0 Å². The van der Waals surface area contributed by atoms with Crippen molar-refractivity contribution >= 4 is 10.8 Å². The number of fused-ring (bicyclic) bond motifs is 1. The van der Waals surface area contributed by atoms with Gasteiger partial charge in [-0.3, -0.25) is 0 Å². The molecule has 0 bridgehead atoms. The van der Waals surface area contributed by atoms with E-state index in [1.54, 1.807) is 24.3 Å². The normalized spacial score (nSPS) is 33.7. The molecule has 130 valence electrons. The fraction of sp³-hybridized carbons (Fsp3) is 0.412. The standard InChI is InChI=1S/C17H20O7/c1-22-24-15-13(9-18)23-17(21,16(20)14(15)19)12-8-4-6-10-5-2-3-7-11(10)12/h2-8,13-16,18-21H,9H2,1H3/t13-,14+,15+,16-,17-/m1/s1. The number of aliphatic hydroxyl groups is 4. The van der Waals surface area contributed by atoms with Gasteiger partial charge in [0, 0.05) is 5.56 Å². The molecule has 0 amide bonds. The zero-order valence-electron chi connectivity index (χ0n) is 13.1. The first-order chi connectivity index (χ1) is 11.5. The molecule has 0 aromatic heterocycles. The highest BCUT2D eigenvalue weighted by Gasteiger charge is 2.55.